The Hall–Kier alpha value is -0.200. The van der Waals surface area contributed by atoms with Crippen molar-refractivity contribution in [3.63, 3.8) is 0 Å². The summed E-state index contributed by atoms with van der Waals surface area (Å²) in [5.41, 5.74) is 0. The highest BCUT2D eigenvalue weighted by atomic mass is 16.3. The third kappa shape index (κ3) is 1.52. The molecule has 5 nitrogen and oxygen atoms in total. The first kappa shape index (κ1) is 8.89. The minimum absolute atomic E-state index is 0.157. The lowest BCUT2D eigenvalue weighted by Crippen LogP contribution is -2.71. The number of nitrogens with one attached hydrogen (secondary N) is 1. The summed E-state index contributed by atoms with van der Waals surface area (Å²) in [6.45, 7) is -0.539. The highest BCUT2D eigenvalue weighted by Gasteiger charge is 2.42. The van der Waals surface area contributed by atoms with Crippen molar-refractivity contribution >= 4 is 0 Å². The maximum absolute atomic E-state index is 9.18. The number of aliphatic hydroxyl groups is 4. The molecule has 0 aromatic heterocycles. The summed E-state index contributed by atoms with van der Waals surface area (Å²) < 4.78 is 0. The van der Waals surface area contributed by atoms with Crippen LogP contribution in [0.15, 0.2) is 0 Å². The summed E-state index contributed by atoms with van der Waals surface area (Å²) in [7, 11) is 0. The number of rotatable bonds is 3. The maximum Gasteiger partial charge on any atom is 0.0949 e. The van der Waals surface area contributed by atoms with Crippen LogP contribution in [0.2, 0.25) is 0 Å². The van der Waals surface area contributed by atoms with E-state index in [9.17, 15) is 5.11 Å². The van der Waals surface area contributed by atoms with Gasteiger partial charge in [0.15, 0.2) is 0 Å². The molecular weight excluding hydrogens is 150 g/mol. The number of hydrogen-bond donors (Lipinski definition) is 5. The van der Waals surface area contributed by atoms with E-state index < -0.39 is 18.2 Å². The lowest BCUT2D eigenvalue weighted by atomic mass is 9.89. The average molecular weight is 163 g/mol. The molecule has 0 aliphatic carbocycles. The molecule has 1 fully saturated rings. The van der Waals surface area contributed by atoms with Gasteiger partial charge in [-0.25, -0.2) is 0 Å². The summed E-state index contributed by atoms with van der Waals surface area (Å²) in [5.74, 6) is 0. The molecule has 0 amide bonds. The predicted octanol–water partition coefficient (Wildman–Crippen LogP) is -2.97. The van der Waals surface area contributed by atoms with Crippen LogP contribution in [0.4, 0.5) is 0 Å². The third-order valence-electron chi connectivity index (χ3n) is 1.99. The molecule has 66 valence electrons. The van der Waals surface area contributed by atoms with E-state index in [4.69, 9.17) is 15.3 Å². The van der Waals surface area contributed by atoms with Gasteiger partial charge in [0.05, 0.1) is 37.5 Å². The molecule has 5 heteroatoms. The highest BCUT2D eigenvalue weighted by molar-refractivity contribution is 5.01. The number of hydrogen-bond acceptors (Lipinski definition) is 5. The second-order valence-electron chi connectivity index (χ2n) is 2.72. The minimum Gasteiger partial charge on any atom is -0.395 e. The van der Waals surface area contributed by atoms with Crippen molar-refractivity contribution in [2.75, 3.05) is 13.2 Å². The van der Waals surface area contributed by atoms with E-state index in [0.717, 1.165) is 0 Å². The molecule has 0 unspecified atom stereocenters. The third-order valence-corrected chi connectivity index (χ3v) is 1.99. The smallest absolute Gasteiger partial charge is 0.0949 e. The summed E-state index contributed by atoms with van der Waals surface area (Å²) in [5, 5.41) is 37.9. The van der Waals surface area contributed by atoms with Gasteiger partial charge in [0.1, 0.15) is 0 Å². The van der Waals surface area contributed by atoms with Gasteiger partial charge in [-0.2, -0.15) is 0 Å². The van der Waals surface area contributed by atoms with Crippen LogP contribution in [0.1, 0.15) is 0 Å². The molecule has 11 heavy (non-hydrogen) atoms. The minimum atomic E-state index is -0.951. The molecule has 0 bridgehead atoms. The Morgan fingerprint density at radius 3 is 2.36 bits per heavy atom. The Morgan fingerprint density at radius 2 is 2.00 bits per heavy atom. The SMILES string of the molecule is OC[C@@H](O)[C@@H]1N[C@H](CO)[C@H]1O. The van der Waals surface area contributed by atoms with E-state index in [2.05, 4.69) is 5.32 Å². The van der Waals surface area contributed by atoms with Crippen molar-refractivity contribution in [1.82, 2.24) is 5.32 Å². The monoisotopic (exact) mass is 163 g/mol. The van der Waals surface area contributed by atoms with Crippen LogP contribution in [-0.4, -0.2) is 57.9 Å². The zero-order valence-corrected chi connectivity index (χ0v) is 6.01. The molecule has 1 heterocycles. The molecule has 1 saturated heterocycles. The molecule has 1 aliphatic heterocycles. The topological polar surface area (TPSA) is 93.0 Å². The second-order valence-corrected chi connectivity index (χ2v) is 2.72. The van der Waals surface area contributed by atoms with Crippen LogP contribution < -0.4 is 5.32 Å². The molecular formula is C6H13NO4. The van der Waals surface area contributed by atoms with Gasteiger partial charge in [-0.1, -0.05) is 0 Å². The number of aliphatic hydroxyl groups excluding tert-OH is 4. The first-order valence-electron chi connectivity index (χ1n) is 3.54. The van der Waals surface area contributed by atoms with Crippen molar-refractivity contribution in [3.8, 4) is 0 Å². The molecule has 1 aliphatic rings. The lowest BCUT2D eigenvalue weighted by Gasteiger charge is -2.43. The first-order chi connectivity index (χ1) is 5.20. The van der Waals surface area contributed by atoms with Crippen molar-refractivity contribution in [3.05, 3.63) is 0 Å². The van der Waals surface area contributed by atoms with Gasteiger partial charge in [0.2, 0.25) is 0 Å². The molecule has 0 spiro atoms. The Labute approximate surface area is 64.3 Å². The Balaban J connectivity index is 2.32. The first-order valence-corrected chi connectivity index (χ1v) is 3.54. The molecule has 0 aromatic rings. The molecule has 1 rings (SSSR count). The fourth-order valence-corrected chi connectivity index (χ4v) is 1.19. The maximum atomic E-state index is 9.18. The van der Waals surface area contributed by atoms with Crippen molar-refractivity contribution in [2.24, 2.45) is 0 Å². The van der Waals surface area contributed by atoms with E-state index in [1.807, 2.05) is 0 Å². The fraction of sp³-hybridized carbons (Fsp3) is 1.00. The van der Waals surface area contributed by atoms with Crippen LogP contribution in [0.25, 0.3) is 0 Å². The van der Waals surface area contributed by atoms with Crippen molar-refractivity contribution < 1.29 is 20.4 Å². The molecule has 0 aromatic carbocycles. The fourth-order valence-electron chi connectivity index (χ4n) is 1.19. The largest absolute Gasteiger partial charge is 0.395 e. The molecule has 5 N–H and O–H groups in total. The van der Waals surface area contributed by atoms with Gasteiger partial charge in [-0.15, -0.1) is 0 Å². The Kier molecular flexibility index (Phi) is 2.80. The molecule has 4 atom stereocenters. The molecule has 0 saturated carbocycles. The summed E-state index contributed by atoms with van der Waals surface area (Å²) >= 11 is 0. The normalized spacial score (nSPS) is 39.8. The van der Waals surface area contributed by atoms with E-state index in [1.54, 1.807) is 0 Å². The van der Waals surface area contributed by atoms with Crippen molar-refractivity contribution in [2.45, 2.75) is 24.3 Å². The van der Waals surface area contributed by atoms with Crippen LogP contribution in [-0.2, 0) is 0 Å². The lowest BCUT2D eigenvalue weighted by molar-refractivity contribution is -0.0778. The van der Waals surface area contributed by atoms with Gasteiger partial charge < -0.3 is 25.7 Å². The van der Waals surface area contributed by atoms with Crippen molar-refractivity contribution in [1.29, 1.82) is 0 Å². The van der Waals surface area contributed by atoms with E-state index in [1.165, 1.54) is 0 Å². The summed E-state index contributed by atoms with van der Waals surface area (Å²) in [6.07, 6.45) is -1.71. The van der Waals surface area contributed by atoms with Crippen LogP contribution in [0.5, 0.6) is 0 Å². The Morgan fingerprint density at radius 1 is 1.36 bits per heavy atom. The van der Waals surface area contributed by atoms with Gasteiger partial charge in [0, 0.05) is 0 Å². The summed E-state index contributed by atoms with van der Waals surface area (Å²) in [6, 6.07) is -0.863. The van der Waals surface area contributed by atoms with Gasteiger partial charge in [0.25, 0.3) is 0 Å². The van der Waals surface area contributed by atoms with Gasteiger partial charge in [-0.05, 0) is 0 Å². The standard InChI is InChI=1S/C6H13NO4/c8-1-3-6(11)5(7-3)4(10)2-9/h3-11H,1-2H2/t3-,4-,5+,6-/m1/s1. The zero-order valence-electron chi connectivity index (χ0n) is 6.01. The second kappa shape index (κ2) is 3.46. The van der Waals surface area contributed by atoms with Gasteiger partial charge in [-0.3, -0.25) is 0 Å². The van der Waals surface area contributed by atoms with Gasteiger partial charge >= 0.3 is 0 Å². The van der Waals surface area contributed by atoms with Crippen LogP contribution in [0.3, 0.4) is 0 Å². The van der Waals surface area contributed by atoms with Crippen LogP contribution in [0, 0.1) is 0 Å². The quantitative estimate of drug-likeness (QED) is 0.306. The average Bonchev–Trinajstić information content (AvgIpc) is 2.02. The highest BCUT2D eigenvalue weighted by Crippen LogP contribution is 2.15. The zero-order chi connectivity index (χ0) is 8.43. The predicted molar refractivity (Wildman–Crippen MR) is 36.9 cm³/mol. The van der Waals surface area contributed by atoms with E-state index >= 15 is 0 Å². The molecule has 0 radical (unpaired) electrons. The van der Waals surface area contributed by atoms with E-state index in [0.29, 0.717) is 0 Å². The summed E-state index contributed by atoms with van der Waals surface area (Å²) in [4.78, 5) is 0. The van der Waals surface area contributed by atoms with Crippen LogP contribution >= 0.6 is 0 Å². The van der Waals surface area contributed by atoms with E-state index in [-0.39, 0.29) is 19.3 Å². The Bertz CT molecular complexity index is 132.